The van der Waals surface area contributed by atoms with Gasteiger partial charge in [0, 0.05) is 6.04 Å². The molecule has 1 unspecified atom stereocenters. The summed E-state index contributed by atoms with van der Waals surface area (Å²) in [7, 11) is 0. The van der Waals surface area contributed by atoms with Crippen molar-refractivity contribution in [1.82, 2.24) is 4.90 Å². The number of rotatable bonds is 2. The first-order chi connectivity index (χ1) is 9.83. The highest BCUT2D eigenvalue weighted by Crippen LogP contribution is 2.39. The number of ether oxygens (including phenoxy) is 2. The van der Waals surface area contributed by atoms with Crippen LogP contribution in [-0.4, -0.2) is 30.2 Å². The third-order valence-corrected chi connectivity index (χ3v) is 4.53. The van der Waals surface area contributed by atoms with Gasteiger partial charge in [-0.3, -0.25) is 4.99 Å². The normalized spacial score (nSPS) is 25.3. The van der Waals surface area contributed by atoms with E-state index in [0.717, 1.165) is 18.0 Å². The largest absolute Gasteiger partial charge is 0.454 e. The molecule has 1 atom stereocenters. The lowest BCUT2D eigenvalue weighted by Crippen LogP contribution is -2.42. The molecular weight excluding hydrogens is 254 g/mol. The molecule has 1 aliphatic carbocycles. The van der Waals surface area contributed by atoms with Crippen LogP contribution in [0.1, 0.15) is 37.3 Å². The lowest BCUT2D eigenvalue weighted by atomic mass is 10.0. The van der Waals surface area contributed by atoms with Gasteiger partial charge < -0.3 is 20.1 Å². The van der Waals surface area contributed by atoms with Gasteiger partial charge in [0.05, 0.1) is 12.6 Å². The Balaban J connectivity index is 1.64. The number of fused-ring (bicyclic) bond motifs is 1. The number of nitrogens with two attached hydrogens (primary N) is 1. The summed E-state index contributed by atoms with van der Waals surface area (Å²) < 4.78 is 10.9. The van der Waals surface area contributed by atoms with Gasteiger partial charge in [0.25, 0.3) is 0 Å². The average Bonchev–Trinajstić information content (AvgIpc) is 3.17. The van der Waals surface area contributed by atoms with E-state index >= 15 is 0 Å². The first kappa shape index (κ1) is 11.9. The van der Waals surface area contributed by atoms with E-state index in [1.807, 2.05) is 6.07 Å². The summed E-state index contributed by atoms with van der Waals surface area (Å²) in [5, 5.41) is 0. The van der Waals surface area contributed by atoms with Crippen LogP contribution >= 0.6 is 0 Å². The topological polar surface area (TPSA) is 60.1 Å². The van der Waals surface area contributed by atoms with Crippen molar-refractivity contribution in [1.29, 1.82) is 0 Å². The van der Waals surface area contributed by atoms with Gasteiger partial charge in [-0.2, -0.15) is 0 Å². The van der Waals surface area contributed by atoms with E-state index in [1.54, 1.807) is 0 Å². The molecule has 0 bridgehead atoms. The minimum atomic E-state index is 0.243. The van der Waals surface area contributed by atoms with E-state index in [0.29, 0.717) is 18.8 Å². The number of hydrogen-bond donors (Lipinski definition) is 1. The first-order valence-corrected chi connectivity index (χ1v) is 7.31. The molecule has 0 radical (unpaired) electrons. The fraction of sp³-hybridized carbons (Fsp3) is 0.533. The molecule has 5 heteroatoms. The predicted octanol–water partition coefficient (Wildman–Crippen LogP) is 2.03. The third kappa shape index (κ3) is 1.80. The molecule has 2 heterocycles. The number of nitrogens with zero attached hydrogens (tertiary/aromatic N) is 2. The summed E-state index contributed by atoms with van der Waals surface area (Å²) in [6.07, 6.45) is 5.03. The Kier molecular flexibility index (Phi) is 2.72. The Morgan fingerprint density at radius 1 is 1.15 bits per heavy atom. The summed E-state index contributed by atoms with van der Waals surface area (Å²) in [5.41, 5.74) is 7.33. The summed E-state index contributed by atoms with van der Waals surface area (Å²) in [6, 6.07) is 6.94. The molecule has 3 aliphatic rings. The molecule has 0 saturated heterocycles. The van der Waals surface area contributed by atoms with E-state index in [-0.39, 0.29) is 6.04 Å². The Morgan fingerprint density at radius 2 is 1.95 bits per heavy atom. The number of guanidine groups is 1. The Hall–Kier alpha value is -1.91. The van der Waals surface area contributed by atoms with Crippen molar-refractivity contribution in [3.63, 3.8) is 0 Å². The number of aliphatic imine (C=N–C) groups is 1. The van der Waals surface area contributed by atoms with Crippen molar-refractivity contribution in [3.05, 3.63) is 23.8 Å². The zero-order valence-electron chi connectivity index (χ0n) is 11.4. The molecule has 0 aromatic heterocycles. The van der Waals surface area contributed by atoms with E-state index in [4.69, 9.17) is 15.2 Å². The van der Waals surface area contributed by atoms with Gasteiger partial charge in [-0.15, -0.1) is 0 Å². The van der Waals surface area contributed by atoms with Crippen LogP contribution in [0.2, 0.25) is 0 Å². The van der Waals surface area contributed by atoms with Crippen molar-refractivity contribution in [2.75, 3.05) is 13.3 Å². The van der Waals surface area contributed by atoms with Gasteiger partial charge in [0.15, 0.2) is 17.5 Å². The van der Waals surface area contributed by atoms with Crippen molar-refractivity contribution in [3.8, 4) is 11.5 Å². The minimum absolute atomic E-state index is 0.243. The quantitative estimate of drug-likeness (QED) is 0.895. The zero-order valence-corrected chi connectivity index (χ0v) is 11.4. The van der Waals surface area contributed by atoms with E-state index < -0.39 is 0 Å². The number of hydrogen-bond acceptors (Lipinski definition) is 5. The van der Waals surface area contributed by atoms with E-state index in [2.05, 4.69) is 22.0 Å². The van der Waals surface area contributed by atoms with Crippen LogP contribution < -0.4 is 15.2 Å². The molecule has 1 fully saturated rings. The molecule has 1 aromatic rings. The van der Waals surface area contributed by atoms with Crippen LogP contribution in [0, 0.1) is 0 Å². The highest BCUT2D eigenvalue weighted by Gasteiger charge is 2.35. The smallest absolute Gasteiger partial charge is 0.231 e. The Bertz CT molecular complexity index is 552. The SMILES string of the molecule is NC1=NCC(c2ccc3c(c2)OCO3)N1C1CCCC1. The molecule has 0 spiro atoms. The van der Waals surface area contributed by atoms with Crippen LogP contribution in [0.4, 0.5) is 0 Å². The van der Waals surface area contributed by atoms with Gasteiger partial charge in [-0.05, 0) is 30.5 Å². The van der Waals surface area contributed by atoms with Crippen LogP contribution in [0.3, 0.4) is 0 Å². The van der Waals surface area contributed by atoms with Gasteiger partial charge in [0.2, 0.25) is 6.79 Å². The fourth-order valence-corrected chi connectivity index (χ4v) is 3.52. The molecule has 1 saturated carbocycles. The van der Waals surface area contributed by atoms with Gasteiger partial charge in [-0.25, -0.2) is 0 Å². The lowest BCUT2D eigenvalue weighted by Gasteiger charge is -2.32. The molecule has 1 aromatic carbocycles. The monoisotopic (exact) mass is 273 g/mol. The lowest BCUT2D eigenvalue weighted by molar-refractivity contribution is 0.174. The van der Waals surface area contributed by atoms with Crippen molar-refractivity contribution >= 4 is 5.96 Å². The highest BCUT2D eigenvalue weighted by atomic mass is 16.7. The minimum Gasteiger partial charge on any atom is -0.454 e. The molecule has 20 heavy (non-hydrogen) atoms. The molecular formula is C15H19N3O2. The second-order valence-corrected chi connectivity index (χ2v) is 5.67. The Labute approximate surface area is 118 Å². The molecule has 5 nitrogen and oxygen atoms in total. The van der Waals surface area contributed by atoms with E-state index in [9.17, 15) is 0 Å². The van der Waals surface area contributed by atoms with Gasteiger partial charge in [-0.1, -0.05) is 18.9 Å². The summed E-state index contributed by atoms with van der Waals surface area (Å²) in [4.78, 5) is 6.77. The maximum Gasteiger partial charge on any atom is 0.231 e. The van der Waals surface area contributed by atoms with Gasteiger partial charge in [0.1, 0.15) is 0 Å². The molecule has 2 aliphatic heterocycles. The summed E-state index contributed by atoms with van der Waals surface area (Å²) >= 11 is 0. The maximum absolute atomic E-state index is 6.12. The second kappa shape index (κ2) is 4.58. The summed E-state index contributed by atoms with van der Waals surface area (Å²) in [6.45, 7) is 1.05. The van der Waals surface area contributed by atoms with E-state index in [1.165, 1.54) is 31.2 Å². The molecule has 0 amide bonds. The standard InChI is InChI=1S/C15H19N3O2/c16-15-17-8-12(18(15)11-3-1-2-4-11)10-5-6-13-14(7-10)20-9-19-13/h5-7,11-12H,1-4,8-9H2,(H2,16,17). The average molecular weight is 273 g/mol. The van der Waals surface area contributed by atoms with Crippen molar-refractivity contribution in [2.45, 2.75) is 37.8 Å². The van der Waals surface area contributed by atoms with Crippen molar-refractivity contribution in [2.24, 2.45) is 10.7 Å². The second-order valence-electron chi connectivity index (χ2n) is 5.67. The summed E-state index contributed by atoms with van der Waals surface area (Å²) in [5.74, 6) is 2.35. The number of benzene rings is 1. The van der Waals surface area contributed by atoms with Crippen LogP contribution in [0.15, 0.2) is 23.2 Å². The third-order valence-electron chi connectivity index (χ3n) is 4.53. The molecule has 106 valence electrons. The maximum atomic E-state index is 6.12. The zero-order chi connectivity index (χ0) is 13.5. The fourth-order valence-electron chi connectivity index (χ4n) is 3.52. The van der Waals surface area contributed by atoms with Crippen LogP contribution in [-0.2, 0) is 0 Å². The predicted molar refractivity (Wildman–Crippen MR) is 75.9 cm³/mol. The Morgan fingerprint density at radius 3 is 2.80 bits per heavy atom. The van der Waals surface area contributed by atoms with Crippen molar-refractivity contribution < 1.29 is 9.47 Å². The highest BCUT2D eigenvalue weighted by molar-refractivity contribution is 5.81. The molecule has 4 rings (SSSR count). The van der Waals surface area contributed by atoms with Crippen LogP contribution in [0.5, 0.6) is 11.5 Å². The van der Waals surface area contributed by atoms with Crippen LogP contribution in [0.25, 0.3) is 0 Å². The van der Waals surface area contributed by atoms with Gasteiger partial charge >= 0.3 is 0 Å². The first-order valence-electron chi connectivity index (χ1n) is 7.31. The molecule has 2 N–H and O–H groups in total.